The number of carbonyl (C=O) groups excluding carboxylic acids is 2. The molecule has 0 saturated heterocycles. The number of thioether (sulfide) groups is 1. The fourth-order valence-corrected chi connectivity index (χ4v) is 3.67. The summed E-state index contributed by atoms with van der Waals surface area (Å²) in [5.41, 5.74) is 4.41. The zero-order valence-electron chi connectivity index (χ0n) is 20.7. The summed E-state index contributed by atoms with van der Waals surface area (Å²) in [7, 11) is 1.24. The second-order valence-electron chi connectivity index (χ2n) is 8.54. The molecule has 0 spiro atoms. The fraction of sp³-hybridized carbons (Fsp3) is 0.440. The first-order chi connectivity index (χ1) is 16.0. The van der Waals surface area contributed by atoms with Crippen LogP contribution >= 0.6 is 11.8 Å². The molecule has 0 aliphatic carbocycles. The Morgan fingerprint density at radius 2 is 1.79 bits per heavy atom. The molecule has 0 saturated carbocycles. The smallest absolute Gasteiger partial charge is 0.370 e. The molecule has 0 aliphatic rings. The first kappa shape index (κ1) is 27.0. The number of rotatable bonds is 8. The van der Waals surface area contributed by atoms with Gasteiger partial charge in [0.15, 0.2) is 5.76 Å². The van der Waals surface area contributed by atoms with Gasteiger partial charge in [0.05, 0.1) is 12.8 Å². The number of carbonyl (C=O) groups is 2. The number of esters is 1. The van der Waals surface area contributed by atoms with Crippen molar-refractivity contribution >= 4 is 34.4 Å². The number of benzene rings is 1. The van der Waals surface area contributed by atoms with E-state index in [2.05, 4.69) is 36.7 Å². The van der Waals surface area contributed by atoms with E-state index in [9.17, 15) is 14.9 Å². The summed E-state index contributed by atoms with van der Waals surface area (Å²) in [5, 5.41) is 14.0. The van der Waals surface area contributed by atoms with Crippen LogP contribution in [-0.2, 0) is 31.0 Å². The van der Waals surface area contributed by atoms with Crippen molar-refractivity contribution in [1.29, 1.82) is 5.26 Å². The summed E-state index contributed by atoms with van der Waals surface area (Å²) < 4.78 is 17.3. The fourth-order valence-electron chi connectivity index (χ4n) is 3.18. The molecule has 9 heteroatoms. The molecule has 1 heterocycles. The van der Waals surface area contributed by atoms with Crippen molar-refractivity contribution in [3.8, 4) is 6.07 Å². The Morgan fingerprint density at radius 1 is 1.15 bits per heavy atom. The Labute approximate surface area is 204 Å². The van der Waals surface area contributed by atoms with Crippen LogP contribution in [-0.4, -0.2) is 40.7 Å². The van der Waals surface area contributed by atoms with Crippen LogP contribution < -0.4 is 0 Å². The number of ether oxygens (including phenoxy) is 3. The van der Waals surface area contributed by atoms with Gasteiger partial charge in [-0.15, -0.1) is 0 Å². The highest BCUT2D eigenvalue weighted by atomic mass is 32.2. The van der Waals surface area contributed by atoms with E-state index < -0.39 is 18.1 Å². The molecule has 2 rings (SSSR count). The third-order valence-corrected chi connectivity index (χ3v) is 5.97. The molecular formula is C25H31N3O5S. The Hall–Kier alpha value is -3.25. The van der Waals surface area contributed by atoms with Crippen LogP contribution in [0.2, 0.25) is 0 Å². The van der Waals surface area contributed by atoms with Crippen LogP contribution in [0, 0.1) is 25.2 Å². The molecule has 1 aromatic heterocycles. The highest BCUT2D eigenvalue weighted by Gasteiger charge is 2.23. The normalized spacial score (nSPS) is 11.9. The topological polar surface area (TPSA) is 103 Å². The quantitative estimate of drug-likeness (QED) is 0.217. The maximum Gasteiger partial charge on any atom is 0.370 e. The average Bonchev–Trinajstić information content (AvgIpc) is 3.09. The van der Waals surface area contributed by atoms with E-state index in [0.29, 0.717) is 35.1 Å². The SMILES string of the molecule is CCn1nc(C)c(C)c1/C(OCOC(=O)SCC(=O)OC)=C(\C#N)c1ccc(C(C)(C)C)cc1. The Balaban J connectivity index is 2.44. The van der Waals surface area contributed by atoms with Gasteiger partial charge in [-0.3, -0.25) is 9.48 Å². The molecule has 0 aliphatic heterocycles. The summed E-state index contributed by atoms with van der Waals surface area (Å²) >= 11 is 0.672. The summed E-state index contributed by atoms with van der Waals surface area (Å²) in [5.74, 6) is -0.425. The molecule has 0 bridgehead atoms. The molecule has 2 aromatic rings. The molecule has 182 valence electrons. The van der Waals surface area contributed by atoms with E-state index in [0.717, 1.165) is 16.8 Å². The summed E-state index contributed by atoms with van der Waals surface area (Å²) in [6.45, 7) is 12.2. The Kier molecular flexibility index (Phi) is 9.33. The first-order valence-electron chi connectivity index (χ1n) is 10.8. The van der Waals surface area contributed by atoms with E-state index in [1.807, 2.05) is 45.0 Å². The third-order valence-electron chi connectivity index (χ3n) is 5.24. The molecule has 0 N–H and O–H groups in total. The highest BCUT2D eigenvalue weighted by molar-refractivity contribution is 8.13. The number of hydrogen-bond donors (Lipinski definition) is 0. The number of aromatic nitrogens is 2. The van der Waals surface area contributed by atoms with Gasteiger partial charge in [-0.2, -0.15) is 10.4 Å². The van der Waals surface area contributed by atoms with Crippen molar-refractivity contribution < 1.29 is 23.8 Å². The second kappa shape index (κ2) is 11.7. The van der Waals surface area contributed by atoms with E-state index in [1.54, 1.807) is 4.68 Å². The molecule has 0 radical (unpaired) electrons. The Bertz CT molecular complexity index is 1110. The molecular weight excluding hydrogens is 454 g/mol. The van der Waals surface area contributed by atoms with E-state index in [4.69, 9.17) is 9.47 Å². The lowest BCUT2D eigenvalue weighted by Gasteiger charge is -2.19. The minimum absolute atomic E-state index is 0.0288. The zero-order valence-corrected chi connectivity index (χ0v) is 21.5. The maximum absolute atomic E-state index is 12.0. The van der Waals surface area contributed by atoms with Crippen molar-refractivity contribution in [3.63, 3.8) is 0 Å². The van der Waals surface area contributed by atoms with Gasteiger partial charge in [-0.25, -0.2) is 4.79 Å². The number of nitrogens with zero attached hydrogens (tertiary/aromatic N) is 3. The molecule has 1 aromatic carbocycles. The monoisotopic (exact) mass is 485 g/mol. The third kappa shape index (κ3) is 6.64. The molecule has 8 nitrogen and oxygen atoms in total. The minimum Gasteiger partial charge on any atom is -0.468 e. The molecule has 0 unspecified atom stereocenters. The van der Waals surface area contributed by atoms with Crippen LogP contribution in [0.5, 0.6) is 0 Å². The number of allylic oxidation sites excluding steroid dienone is 1. The van der Waals surface area contributed by atoms with E-state index in [1.165, 1.54) is 7.11 Å². The van der Waals surface area contributed by atoms with Crippen molar-refractivity contribution in [2.75, 3.05) is 19.7 Å². The lowest BCUT2D eigenvalue weighted by molar-refractivity contribution is -0.137. The number of methoxy groups -OCH3 is 1. The zero-order chi connectivity index (χ0) is 25.5. The van der Waals surface area contributed by atoms with E-state index >= 15 is 0 Å². The maximum atomic E-state index is 12.0. The van der Waals surface area contributed by atoms with Crippen LogP contribution in [0.25, 0.3) is 11.3 Å². The minimum atomic E-state index is -0.685. The molecule has 0 fully saturated rings. The average molecular weight is 486 g/mol. The van der Waals surface area contributed by atoms with Gasteiger partial charge < -0.3 is 14.2 Å². The second-order valence-corrected chi connectivity index (χ2v) is 9.45. The van der Waals surface area contributed by atoms with E-state index in [-0.39, 0.29) is 16.9 Å². The lowest BCUT2D eigenvalue weighted by Crippen LogP contribution is -2.12. The number of nitriles is 1. The van der Waals surface area contributed by atoms with Gasteiger partial charge >= 0.3 is 11.3 Å². The first-order valence-corrected chi connectivity index (χ1v) is 11.8. The van der Waals surface area contributed by atoms with Crippen molar-refractivity contribution in [2.24, 2.45) is 0 Å². The standard InChI is InChI=1S/C25H31N3O5S/c1-8-28-22(16(2)17(3)27-28)23(32-15-33-24(30)34-14-21(29)31-7)20(13-26)18-9-11-19(12-10-18)25(4,5)6/h9-12H,8,14-15H2,1-7H3/b23-20-. The molecule has 34 heavy (non-hydrogen) atoms. The van der Waals surface area contributed by atoms with Crippen molar-refractivity contribution in [3.05, 3.63) is 52.3 Å². The molecule has 0 atom stereocenters. The highest BCUT2D eigenvalue weighted by Crippen LogP contribution is 2.32. The molecule has 0 amide bonds. The lowest BCUT2D eigenvalue weighted by atomic mass is 9.86. The Morgan fingerprint density at radius 3 is 2.32 bits per heavy atom. The van der Waals surface area contributed by atoms with Gasteiger partial charge in [0.1, 0.15) is 23.1 Å². The largest absolute Gasteiger partial charge is 0.468 e. The van der Waals surface area contributed by atoms with Crippen molar-refractivity contribution in [2.45, 2.75) is 53.5 Å². The van der Waals surface area contributed by atoms with Crippen LogP contribution in [0.15, 0.2) is 24.3 Å². The van der Waals surface area contributed by atoms with Crippen LogP contribution in [0.1, 0.15) is 55.8 Å². The summed E-state index contributed by atoms with van der Waals surface area (Å²) in [6, 6.07) is 10.0. The summed E-state index contributed by atoms with van der Waals surface area (Å²) in [6.07, 6.45) is 0. The van der Waals surface area contributed by atoms with Crippen molar-refractivity contribution in [1.82, 2.24) is 9.78 Å². The van der Waals surface area contributed by atoms with Gasteiger partial charge in [0.2, 0.25) is 6.79 Å². The van der Waals surface area contributed by atoms with Gasteiger partial charge in [0.25, 0.3) is 0 Å². The van der Waals surface area contributed by atoms with Crippen LogP contribution in [0.4, 0.5) is 4.79 Å². The number of hydrogen-bond acceptors (Lipinski definition) is 8. The predicted octanol–water partition coefficient (Wildman–Crippen LogP) is 5.23. The van der Waals surface area contributed by atoms with Crippen LogP contribution in [0.3, 0.4) is 0 Å². The van der Waals surface area contributed by atoms with Gasteiger partial charge in [0, 0.05) is 12.1 Å². The van der Waals surface area contributed by atoms with Gasteiger partial charge in [-0.1, -0.05) is 45.0 Å². The summed E-state index contributed by atoms with van der Waals surface area (Å²) in [4.78, 5) is 23.2. The van der Waals surface area contributed by atoms with Gasteiger partial charge in [-0.05, 0) is 49.1 Å². The number of aryl methyl sites for hydroxylation is 2. The predicted molar refractivity (Wildman–Crippen MR) is 132 cm³/mol.